The zero-order chi connectivity index (χ0) is 14.8. The van der Waals surface area contributed by atoms with Crippen molar-refractivity contribution in [3.05, 3.63) is 29.2 Å². The topological polar surface area (TPSA) is 34.2 Å². The molecule has 1 N–H and O–H groups in total. The molecule has 0 unspecified atom stereocenters. The van der Waals surface area contributed by atoms with Crippen LogP contribution in [0.1, 0.15) is 37.4 Å². The van der Waals surface area contributed by atoms with E-state index in [0.717, 1.165) is 49.0 Å². The van der Waals surface area contributed by atoms with Gasteiger partial charge in [-0.25, -0.2) is 9.37 Å². The molecule has 1 heterocycles. The summed E-state index contributed by atoms with van der Waals surface area (Å²) in [6.07, 6.45) is 5.43. The van der Waals surface area contributed by atoms with Crippen molar-refractivity contribution in [2.24, 2.45) is 0 Å². The van der Waals surface area contributed by atoms with Gasteiger partial charge in [0, 0.05) is 12.2 Å². The van der Waals surface area contributed by atoms with Gasteiger partial charge in [0.1, 0.15) is 17.1 Å². The number of benzene rings is 1. The van der Waals surface area contributed by atoms with E-state index in [0.29, 0.717) is 11.3 Å². The van der Waals surface area contributed by atoms with Crippen molar-refractivity contribution < 1.29 is 9.13 Å². The van der Waals surface area contributed by atoms with E-state index in [1.165, 1.54) is 18.1 Å². The van der Waals surface area contributed by atoms with Gasteiger partial charge in [0.05, 0.1) is 18.2 Å². The van der Waals surface area contributed by atoms with E-state index in [2.05, 4.69) is 17.2 Å². The molecule has 0 bridgehead atoms. The third-order valence-electron chi connectivity index (χ3n) is 4.15. The second-order valence-electron chi connectivity index (χ2n) is 5.48. The Hall–Kier alpha value is -1.84. The summed E-state index contributed by atoms with van der Waals surface area (Å²) < 4.78 is 19.7. The molecule has 3 nitrogen and oxygen atoms in total. The summed E-state index contributed by atoms with van der Waals surface area (Å²) in [5, 5.41) is 4.20. The van der Waals surface area contributed by atoms with Gasteiger partial charge >= 0.3 is 0 Å². The largest absolute Gasteiger partial charge is 0.496 e. The van der Waals surface area contributed by atoms with Gasteiger partial charge < -0.3 is 10.1 Å². The first kappa shape index (κ1) is 14.1. The smallest absolute Gasteiger partial charge is 0.149 e. The molecule has 0 fully saturated rings. The number of aryl methyl sites for hydroxylation is 1. The first-order valence-corrected chi connectivity index (χ1v) is 7.68. The Morgan fingerprint density at radius 1 is 1.24 bits per heavy atom. The lowest BCUT2D eigenvalue weighted by Gasteiger charge is -2.18. The van der Waals surface area contributed by atoms with E-state index >= 15 is 0 Å². The van der Waals surface area contributed by atoms with Crippen LogP contribution in [0.15, 0.2) is 12.1 Å². The van der Waals surface area contributed by atoms with Gasteiger partial charge in [-0.1, -0.05) is 6.42 Å². The molecule has 1 aliphatic rings. The molecule has 2 aromatic rings. The van der Waals surface area contributed by atoms with Crippen molar-refractivity contribution >= 4 is 16.6 Å². The number of hydrogen-bond donors (Lipinski definition) is 1. The highest BCUT2D eigenvalue weighted by molar-refractivity contribution is 5.98. The second kappa shape index (κ2) is 5.88. The molecule has 3 rings (SSSR count). The van der Waals surface area contributed by atoms with Crippen LogP contribution < -0.4 is 10.1 Å². The summed E-state index contributed by atoms with van der Waals surface area (Å²) in [4.78, 5) is 4.63. The molecule has 0 amide bonds. The van der Waals surface area contributed by atoms with Crippen LogP contribution >= 0.6 is 0 Å². The number of anilines is 1. The molecule has 4 heteroatoms. The summed E-state index contributed by atoms with van der Waals surface area (Å²) in [7, 11) is 1.62. The van der Waals surface area contributed by atoms with Gasteiger partial charge in [-0.3, -0.25) is 0 Å². The average Bonchev–Trinajstić information content (AvgIpc) is 2.73. The van der Waals surface area contributed by atoms with Crippen LogP contribution in [0.25, 0.3) is 10.9 Å². The minimum atomic E-state index is -0.281. The summed E-state index contributed by atoms with van der Waals surface area (Å²) in [5.41, 5.74) is 3.72. The van der Waals surface area contributed by atoms with Crippen molar-refractivity contribution in [3.63, 3.8) is 0 Å². The van der Waals surface area contributed by atoms with Gasteiger partial charge in [-0.15, -0.1) is 0 Å². The summed E-state index contributed by atoms with van der Waals surface area (Å²) in [5.74, 6) is 0.402. The molecule has 112 valence electrons. The van der Waals surface area contributed by atoms with E-state index in [9.17, 15) is 4.39 Å². The fourth-order valence-corrected chi connectivity index (χ4v) is 3.18. The Balaban J connectivity index is 2.36. The van der Waals surface area contributed by atoms with E-state index in [1.807, 2.05) is 0 Å². The highest BCUT2D eigenvalue weighted by atomic mass is 19.1. The van der Waals surface area contributed by atoms with Gasteiger partial charge in [0.15, 0.2) is 0 Å². The summed E-state index contributed by atoms with van der Waals surface area (Å²) >= 11 is 0. The number of nitrogens with one attached hydrogen (secondary N) is 1. The molecule has 0 radical (unpaired) electrons. The average molecular weight is 288 g/mol. The Morgan fingerprint density at radius 2 is 2.05 bits per heavy atom. The number of rotatable bonds is 3. The monoisotopic (exact) mass is 288 g/mol. The molecule has 1 aliphatic carbocycles. The summed E-state index contributed by atoms with van der Waals surface area (Å²) in [6.45, 7) is 2.85. The van der Waals surface area contributed by atoms with Crippen LogP contribution in [0.2, 0.25) is 0 Å². The number of pyridine rings is 1. The van der Waals surface area contributed by atoms with Crippen LogP contribution in [-0.4, -0.2) is 18.6 Å². The molecule has 0 aliphatic heterocycles. The maximum Gasteiger partial charge on any atom is 0.149 e. The van der Waals surface area contributed by atoms with Crippen LogP contribution in [0, 0.1) is 5.82 Å². The standard InChI is InChI=1S/C17H21FN2O/c1-3-19-16-11-7-5-4-6-8-13(11)20-17-12(18)9-10-14(21-2)15(16)17/h9-10H,3-8H2,1-2H3,(H,19,20). The minimum Gasteiger partial charge on any atom is -0.496 e. The van der Waals surface area contributed by atoms with Gasteiger partial charge in [-0.2, -0.15) is 0 Å². The Bertz CT molecular complexity index is 670. The van der Waals surface area contributed by atoms with Gasteiger partial charge in [0.25, 0.3) is 0 Å². The van der Waals surface area contributed by atoms with Crippen LogP contribution in [0.3, 0.4) is 0 Å². The Morgan fingerprint density at radius 3 is 2.81 bits per heavy atom. The summed E-state index contributed by atoms with van der Waals surface area (Å²) in [6, 6.07) is 3.12. The number of fused-ring (bicyclic) bond motifs is 2. The van der Waals surface area contributed by atoms with Crippen LogP contribution in [0.4, 0.5) is 10.1 Å². The zero-order valence-electron chi connectivity index (χ0n) is 12.6. The van der Waals surface area contributed by atoms with Gasteiger partial charge in [-0.05, 0) is 50.3 Å². The first-order chi connectivity index (χ1) is 10.3. The van der Waals surface area contributed by atoms with Crippen molar-refractivity contribution in [2.45, 2.75) is 39.0 Å². The maximum atomic E-state index is 14.2. The fraction of sp³-hybridized carbons (Fsp3) is 0.471. The van der Waals surface area contributed by atoms with Crippen molar-refractivity contribution in [1.29, 1.82) is 0 Å². The molecule has 1 aromatic heterocycles. The van der Waals surface area contributed by atoms with E-state index in [-0.39, 0.29) is 5.82 Å². The normalized spacial score (nSPS) is 14.6. The van der Waals surface area contributed by atoms with Crippen molar-refractivity contribution in [2.75, 3.05) is 19.0 Å². The lowest BCUT2D eigenvalue weighted by Crippen LogP contribution is -2.08. The second-order valence-corrected chi connectivity index (χ2v) is 5.48. The van der Waals surface area contributed by atoms with Crippen molar-refractivity contribution in [1.82, 2.24) is 4.98 Å². The van der Waals surface area contributed by atoms with E-state index in [4.69, 9.17) is 4.74 Å². The fourth-order valence-electron chi connectivity index (χ4n) is 3.18. The number of aromatic nitrogens is 1. The Kier molecular flexibility index (Phi) is 3.95. The number of halogens is 1. The van der Waals surface area contributed by atoms with Gasteiger partial charge in [0.2, 0.25) is 0 Å². The number of hydrogen-bond acceptors (Lipinski definition) is 3. The molecule has 0 saturated carbocycles. The lowest BCUT2D eigenvalue weighted by atomic mass is 10.0. The highest BCUT2D eigenvalue weighted by Gasteiger charge is 2.21. The van der Waals surface area contributed by atoms with Crippen LogP contribution in [-0.2, 0) is 12.8 Å². The number of nitrogens with zero attached hydrogens (tertiary/aromatic N) is 1. The van der Waals surface area contributed by atoms with Crippen molar-refractivity contribution in [3.8, 4) is 5.75 Å². The SMILES string of the molecule is CCNc1c2c(nc3c(F)ccc(OC)c13)CCCCC2. The van der Waals surface area contributed by atoms with E-state index < -0.39 is 0 Å². The molecule has 0 spiro atoms. The Labute approximate surface area is 124 Å². The molecule has 21 heavy (non-hydrogen) atoms. The highest BCUT2D eigenvalue weighted by Crippen LogP contribution is 2.38. The zero-order valence-corrected chi connectivity index (χ0v) is 12.6. The first-order valence-electron chi connectivity index (χ1n) is 7.68. The minimum absolute atomic E-state index is 0.281. The predicted octanol–water partition coefficient (Wildman–Crippen LogP) is 4.08. The van der Waals surface area contributed by atoms with E-state index in [1.54, 1.807) is 13.2 Å². The molecular formula is C17H21FN2O. The maximum absolute atomic E-state index is 14.2. The predicted molar refractivity (Wildman–Crippen MR) is 83.7 cm³/mol. The third kappa shape index (κ3) is 2.43. The molecule has 0 atom stereocenters. The molecule has 0 saturated heterocycles. The third-order valence-corrected chi connectivity index (χ3v) is 4.15. The molecule has 1 aromatic carbocycles. The number of ether oxygens (including phenoxy) is 1. The molecular weight excluding hydrogens is 267 g/mol. The van der Waals surface area contributed by atoms with Crippen LogP contribution in [0.5, 0.6) is 5.75 Å². The quantitative estimate of drug-likeness (QED) is 0.864. The lowest BCUT2D eigenvalue weighted by molar-refractivity contribution is 0.419. The number of methoxy groups -OCH3 is 1.